The molecule has 18 heavy (non-hydrogen) atoms. The van der Waals surface area contributed by atoms with Crippen molar-refractivity contribution in [3.05, 3.63) is 29.8 Å². The van der Waals surface area contributed by atoms with Crippen LogP contribution in [0.25, 0.3) is 0 Å². The number of carbonyl (C=O) groups is 2. The Hall–Kier alpha value is -1.49. The summed E-state index contributed by atoms with van der Waals surface area (Å²) in [6, 6.07) is 7.05. The second-order valence-corrected chi connectivity index (χ2v) is 5.34. The molecule has 0 bridgehead atoms. The van der Waals surface area contributed by atoms with Crippen LogP contribution in [0.2, 0.25) is 0 Å². The van der Waals surface area contributed by atoms with Crippen LogP contribution in [0.3, 0.4) is 0 Å². The summed E-state index contributed by atoms with van der Waals surface area (Å²) in [5, 5.41) is 2.77. The molecule has 1 heterocycles. The van der Waals surface area contributed by atoms with Crippen molar-refractivity contribution in [2.75, 3.05) is 13.1 Å². The third-order valence-corrected chi connectivity index (χ3v) is 3.47. The first-order valence-electron chi connectivity index (χ1n) is 5.82. The van der Waals surface area contributed by atoms with Gasteiger partial charge in [-0.3, -0.25) is 9.59 Å². The van der Waals surface area contributed by atoms with Gasteiger partial charge in [0, 0.05) is 23.5 Å². The van der Waals surface area contributed by atoms with Crippen molar-refractivity contribution in [1.29, 1.82) is 0 Å². The number of benzene rings is 1. The molecule has 5 heteroatoms. The van der Waals surface area contributed by atoms with Gasteiger partial charge in [-0.15, -0.1) is 12.6 Å². The molecule has 1 saturated heterocycles. The van der Waals surface area contributed by atoms with Crippen LogP contribution in [0, 0.1) is 0 Å². The molecule has 1 aromatic rings. The smallest absolute Gasteiger partial charge is 0.254 e. The molecule has 1 aromatic carbocycles. The maximum absolute atomic E-state index is 12.4. The fourth-order valence-corrected chi connectivity index (χ4v) is 2.27. The fraction of sp³-hybridized carbons (Fsp3) is 0.385. The van der Waals surface area contributed by atoms with E-state index in [1.54, 1.807) is 36.9 Å². The Morgan fingerprint density at radius 3 is 2.83 bits per heavy atom. The summed E-state index contributed by atoms with van der Waals surface area (Å²) in [6.45, 7) is 4.52. The molecule has 1 aliphatic rings. The zero-order valence-electron chi connectivity index (χ0n) is 10.4. The standard InChI is InChI=1S/C13H16N2O2S/c1-13(2)12(17)14-6-7-15(13)11(16)9-4-3-5-10(18)8-9/h3-5,8,18H,6-7H2,1-2H3,(H,14,17). The number of amides is 2. The van der Waals surface area contributed by atoms with Gasteiger partial charge < -0.3 is 10.2 Å². The number of thiol groups is 1. The number of nitrogens with one attached hydrogen (secondary N) is 1. The van der Waals surface area contributed by atoms with Crippen molar-refractivity contribution in [3.8, 4) is 0 Å². The summed E-state index contributed by atoms with van der Waals surface area (Å²) in [7, 11) is 0. The maximum atomic E-state index is 12.4. The van der Waals surface area contributed by atoms with Crippen LogP contribution in [-0.4, -0.2) is 35.3 Å². The van der Waals surface area contributed by atoms with E-state index in [2.05, 4.69) is 17.9 Å². The molecule has 1 N–H and O–H groups in total. The molecule has 0 aromatic heterocycles. The van der Waals surface area contributed by atoms with Gasteiger partial charge in [0.05, 0.1) is 0 Å². The van der Waals surface area contributed by atoms with E-state index in [1.807, 2.05) is 6.07 Å². The van der Waals surface area contributed by atoms with Gasteiger partial charge in [0.2, 0.25) is 5.91 Å². The third-order valence-electron chi connectivity index (χ3n) is 3.19. The van der Waals surface area contributed by atoms with E-state index in [9.17, 15) is 9.59 Å². The summed E-state index contributed by atoms with van der Waals surface area (Å²) in [5.74, 6) is -0.255. The van der Waals surface area contributed by atoms with Crippen molar-refractivity contribution in [3.63, 3.8) is 0 Å². The second-order valence-electron chi connectivity index (χ2n) is 4.82. The van der Waals surface area contributed by atoms with E-state index in [-0.39, 0.29) is 11.8 Å². The first-order chi connectivity index (χ1) is 8.43. The summed E-state index contributed by atoms with van der Waals surface area (Å²) in [6.07, 6.45) is 0. The van der Waals surface area contributed by atoms with Crippen LogP contribution in [0.4, 0.5) is 0 Å². The summed E-state index contributed by atoms with van der Waals surface area (Å²) >= 11 is 4.22. The molecule has 0 atom stereocenters. The molecule has 0 radical (unpaired) electrons. The zero-order chi connectivity index (χ0) is 13.3. The number of hydrogen-bond donors (Lipinski definition) is 2. The van der Waals surface area contributed by atoms with Crippen LogP contribution >= 0.6 is 12.6 Å². The topological polar surface area (TPSA) is 49.4 Å². The van der Waals surface area contributed by atoms with E-state index in [0.717, 1.165) is 4.90 Å². The van der Waals surface area contributed by atoms with Crippen LogP contribution in [-0.2, 0) is 4.79 Å². The van der Waals surface area contributed by atoms with Gasteiger partial charge in [-0.25, -0.2) is 0 Å². The summed E-state index contributed by atoms with van der Waals surface area (Å²) in [4.78, 5) is 26.6. The van der Waals surface area contributed by atoms with Crippen LogP contribution in [0.1, 0.15) is 24.2 Å². The highest BCUT2D eigenvalue weighted by molar-refractivity contribution is 7.80. The average Bonchev–Trinajstić information content (AvgIpc) is 2.32. The molecule has 96 valence electrons. The van der Waals surface area contributed by atoms with Crippen molar-refractivity contribution >= 4 is 24.4 Å². The molecule has 1 aliphatic heterocycles. The molecular weight excluding hydrogens is 248 g/mol. The Labute approximate surface area is 112 Å². The largest absolute Gasteiger partial charge is 0.352 e. The predicted octanol–water partition coefficient (Wildman–Crippen LogP) is 1.33. The Balaban J connectivity index is 2.31. The van der Waals surface area contributed by atoms with E-state index in [1.165, 1.54) is 0 Å². The highest BCUT2D eigenvalue weighted by Gasteiger charge is 2.40. The number of hydrogen-bond acceptors (Lipinski definition) is 3. The first kappa shape index (κ1) is 13.0. The van der Waals surface area contributed by atoms with Gasteiger partial charge in [0.1, 0.15) is 5.54 Å². The van der Waals surface area contributed by atoms with E-state index < -0.39 is 5.54 Å². The minimum atomic E-state index is -0.818. The predicted molar refractivity (Wildman–Crippen MR) is 71.8 cm³/mol. The lowest BCUT2D eigenvalue weighted by atomic mass is 9.97. The van der Waals surface area contributed by atoms with E-state index in [4.69, 9.17) is 0 Å². The Morgan fingerprint density at radius 2 is 2.17 bits per heavy atom. The van der Waals surface area contributed by atoms with Gasteiger partial charge in [-0.1, -0.05) is 6.07 Å². The molecule has 4 nitrogen and oxygen atoms in total. The normalized spacial score (nSPS) is 18.4. The van der Waals surface area contributed by atoms with E-state index >= 15 is 0 Å². The molecule has 1 fully saturated rings. The molecule has 0 saturated carbocycles. The molecule has 0 spiro atoms. The number of rotatable bonds is 1. The highest BCUT2D eigenvalue weighted by Crippen LogP contribution is 2.21. The highest BCUT2D eigenvalue weighted by atomic mass is 32.1. The monoisotopic (exact) mass is 264 g/mol. The third kappa shape index (κ3) is 2.22. The van der Waals surface area contributed by atoms with Crippen LogP contribution in [0.15, 0.2) is 29.2 Å². The van der Waals surface area contributed by atoms with Gasteiger partial charge in [-0.05, 0) is 32.0 Å². The minimum Gasteiger partial charge on any atom is -0.352 e. The summed E-state index contributed by atoms with van der Waals surface area (Å²) in [5.41, 5.74) is -0.257. The molecule has 2 rings (SSSR count). The SMILES string of the molecule is CC1(C)C(=O)NCCN1C(=O)c1cccc(S)c1. The van der Waals surface area contributed by atoms with Crippen LogP contribution < -0.4 is 5.32 Å². The first-order valence-corrected chi connectivity index (χ1v) is 6.27. The Kier molecular flexibility index (Phi) is 3.34. The Bertz CT molecular complexity index is 500. The lowest BCUT2D eigenvalue weighted by Crippen LogP contribution is -2.63. The van der Waals surface area contributed by atoms with Crippen molar-refractivity contribution in [2.24, 2.45) is 0 Å². The molecule has 0 unspecified atom stereocenters. The lowest BCUT2D eigenvalue weighted by Gasteiger charge is -2.41. The maximum Gasteiger partial charge on any atom is 0.254 e. The van der Waals surface area contributed by atoms with Crippen molar-refractivity contribution in [2.45, 2.75) is 24.3 Å². The molecular formula is C13H16N2O2S. The second kappa shape index (κ2) is 4.65. The van der Waals surface area contributed by atoms with Crippen molar-refractivity contribution < 1.29 is 9.59 Å². The minimum absolute atomic E-state index is 0.121. The summed E-state index contributed by atoms with van der Waals surface area (Å²) < 4.78 is 0. The van der Waals surface area contributed by atoms with Crippen molar-refractivity contribution in [1.82, 2.24) is 10.2 Å². The van der Waals surface area contributed by atoms with Gasteiger partial charge in [0.25, 0.3) is 5.91 Å². The average molecular weight is 264 g/mol. The quantitative estimate of drug-likeness (QED) is 0.752. The molecule has 2 amide bonds. The number of nitrogens with zero attached hydrogens (tertiary/aromatic N) is 1. The van der Waals surface area contributed by atoms with Gasteiger partial charge in [0.15, 0.2) is 0 Å². The Morgan fingerprint density at radius 1 is 1.44 bits per heavy atom. The zero-order valence-corrected chi connectivity index (χ0v) is 11.3. The molecule has 0 aliphatic carbocycles. The van der Waals surface area contributed by atoms with Gasteiger partial charge in [-0.2, -0.15) is 0 Å². The number of carbonyl (C=O) groups excluding carboxylic acids is 2. The van der Waals surface area contributed by atoms with Gasteiger partial charge >= 0.3 is 0 Å². The fourth-order valence-electron chi connectivity index (χ4n) is 2.05. The number of piperazine rings is 1. The van der Waals surface area contributed by atoms with Crippen LogP contribution in [0.5, 0.6) is 0 Å². The van der Waals surface area contributed by atoms with E-state index in [0.29, 0.717) is 18.7 Å². The lowest BCUT2D eigenvalue weighted by molar-refractivity contribution is -0.133.